The molecule has 1 N–H and O–H groups in total. The molecular weight excluding hydrogens is 324 g/mol. The highest BCUT2D eigenvalue weighted by atomic mass is 16.5. The Hall–Kier alpha value is -1.09. The van der Waals surface area contributed by atoms with Crippen LogP contribution in [0.3, 0.4) is 0 Å². The van der Waals surface area contributed by atoms with Gasteiger partial charge in [0.15, 0.2) is 0 Å². The van der Waals surface area contributed by atoms with Gasteiger partial charge in [0.05, 0.1) is 19.1 Å². The second-order valence-electron chi connectivity index (χ2n) is 7.50. The van der Waals surface area contributed by atoms with E-state index in [-0.39, 0.29) is 12.4 Å². The van der Waals surface area contributed by atoms with E-state index in [0.717, 1.165) is 32.1 Å². The molecule has 0 saturated carbocycles. The molecule has 0 aromatic heterocycles. The van der Waals surface area contributed by atoms with Gasteiger partial charge in [0, 0.05) is 0 Å². The Balaban J connectivity index is 2.24. The molecule has 150 valence electrons. The van der Waals surface area contributed by atoms with E-state index in [1.165, 1.54) is 57.8 Å². The molecule has 0 aromatic carbocycles. The molecule has 0 bridgehead atoms. The van der Waals surface area contributed by atoms with E-state index < -0.39 is 6.10 Å². The molecule has 1 heterocycles. The summed E-state index contributed by atoms with van der Waals surface area (Å²) in [7, 11) is 0. The van der Waals surface area contributed by atoms with Crippen molar-refractivity contribution in [3.63, 3.8) is 0 Å². The molecule has 0 saturated heterocycles. The summed E-state index contributed by atoms with van der Waals surface area (Å²) >= 11 is 0. The van der Waals surface area contributed by atoms with Crippen LogP contribution >= 0.6 is 0 Å². The number of carbonyl (C=O) groups is 1. The smallest absolute Gasteiger partial charge is 0.308 e. The quantitative estimate of drug-likeness (QED) is 0.408. The predicted octanol–water partition coefficient (Wildman–Crippen LogP) is 6.26. The Kier molecular flexibility index (Phi) is 15.3. The number of hydrogen-bond acceptors (Lipinski definition) is 3. The number of hydrogen-bond donors (Lipinski definition) is 1. The largest absolute Gasteiger partial charge is 0.465 e. The zero-order chi connectivity index (χ0) is 18.7. The maximum absolute atomic E-state index is 11.7. The van der Waals surface area contributed by atoms with Crippen LogP contribution in [0, 0.1) is 0 Å². The van der Waals surface area contributed by atoms with Gasteiger partial charge in [-0.2, -0.15) is 0 Å². The Morgan fingerprint density at radius 3 is 1.85 bits per heavy atom. The molecule has 1 aliphatic heterocycles. The molecule has 0 amide bonds. The van der Waals surface area contributed by atoms with Crippen LogP contribution in [0.1, 0.15) is 103 Å². The predicted molar refractivity (Wildman–Crippen MR) is 109 cm³/mol. The van der Waals surface area contributed by atoms with E-state index in [4.69, 9.17) is 4.74 Å². The topological polar surface area (TPSA) is 46.5 Å². The van der Waals surface area contributed by atoms with Gasteiger partial charge in [-0.05, 0) is 38.5 Å². The van der Waals surface area contributed by atoms with E-state index in [9.17, 15) is 9.90 Å². The highest BCUT2D eigenvalue weighted by Gasteiger charge is 2.11. The molecule has 1 aliphatic rings. The van der Waals surface area contributed by atoms with Crippen molar-refractivity contribution in [2.45, 2.75) is 109 Å². The van der Waals surface area contributed by atoms with Crippen LogP contribution in [0.15, 0.2) is 24.3 Å². The van der Waals surface area contributed by atoms with Crippen molar-refractivity contribution in [2.75, 3.05) is 6.61 Å². The normalized spacial score (nSPS) is 27.0. The van der Waals surface area contributed by atoms with E-state index in [1.807, 2.05) is 0 Å². The van der Waals surface area contributed by atoms with Crippen molar-refractivity contribution >= 4 is 5.97 Å². The number of aliphatic hydroxyl groups excluding tert-OH is 1. The van der Waals surface area contributed by atoms with Crippen LogP contribution in [0.25, 0.3) is 0 Å². The van der Waals surface area contributed by atoms with Gasteiger partial charge in [-0.3, -0.25) is 4.79 Å². The van der Waals surface area contributed by atoms with E-state index >= 15 is 0 Å². The molecule has 0 fully saturated rings. The summed E-state index contributed by atoms with van der Waals surface area (Å²) in [4.78, 5) is 11.7. The molecule has 0 aromatic rings. The first-order chi connectivity index (χ1) is 12.8. The van der Waals surface area contributed by atoms with Crippen molar-refractivity contribution in [3.8, 4) is 0 Å². The lowest BCUT2D eigenvalue weighted by Gasteiger charge is -2.10. The second kappa shape index (κ2) is 17.3. The maximum Gasteiger partial charge on any atom is 0.308 e. The van der Waals surface area contributed by atoms with Crippen molar-refractivity contribution in [1.29, 1.82) is 0 Å². The van der Waals surface area contributed by atoms with Gasteiger partial charge in [-0.15, -0.1) is 0 Å². The minimum Gasteiger partial charge on any atom is -0.465 e. The van der Waals surface area contributed by atoms with Crippen LogP contribution in [0.4, 0.5) is 0 Å². The fraction of sp³-hybridized carbons (Fsp3) is 0.783. The number of allylic oxidation sites excluding steroid dienone is 3. The highest BCUT2D eigenvalue weighted by Crippen LogP contribution is 2.14. The molecule has 3 heteroatoms. The van der Waals surface area contributed by atoms with E-state index in [0.29, 0.717) is 13.0 Å². The summed E-state index contributed by atoms with van der Waals surface area (Å²) in [5.74, 6) is -0.275. The average molecular weight is 365 g/mol. The third-order valence-electron chi connectivity index (χ3n) is 4.94. The first-order valence-corrected chi connectivity index (χ1v) is 10.9. The van der Waals surface area contributed by atoms with Gasteiger partial charge in [-0.25, -0.2) is 0 Å². The fourth-order valence-electron chi connectivity index (χ4n) is 3.31. The molecule has 0 radical (unpaired) electrons. The zero-order valence-corrected chi connectivity index (χ0v) is 16.7. The van der Waals surface area contributed by atoms with Crippen LogP contribution in [-0.2, 0) is 9.53 Å². The van der Waals surface area contributed by atoms with Gasteiger partial charge in [0.25, 0.3) is 0 Å². The number of esters is 1. The Morgan fingerprint density at radius 1 is 0.692 bits per heavy atom. The molecule has 0 aliphatic carbocycles. The van der Waals surface area contributed by atoms with Crippen molar-refractivity contribution in [2.24, 2.45) is 0 Å². The fourth-order valence-corrected chi connectivity index (χ4v) is 3.31. The Morgan fingerprint density at radius 2 is 1.19 bits per heavy atom. The van der Waals surface area contributed by atoms with Gasteiger partial charge in [0.2, 0.25) is 0 Å². The van der Waals surface area contributed by atoms with Crippen LogP contribution in [0.2, 0.25) is 0 Å². The molecular formula is C23H40O3. The third kappa shape index (κ3) is 15.2. The van der Waals surface area contributed by atoms with Crippen molar-refractivity contribution in [1.82, 2.24) is 0 Å². The Bertz CT molecular complexity index is 387. The summed E-state index contributed by atoms with van der Waals surface area (Å²) < 4.78 is 5.19. The maximum atomic E-state index is 11.7. The number of rotatable bonds is 0. The summed E-state index contributed by atoms with van der Waals surface area (Å²) in [5, 5.41) is 9.93. The average Bonchev–Trinajstić information content (AvgIpc) is 2.62. The Labute approximate surface area is 160 Å². The highest BCUT2D eigenvalue weighted by molar-refractivity contribution is 5.69. The molecule has 1 atom stereocenters. The summed E-state index contributed by atoms with van der Waals surface area (Å²) in [6.45, 7) is 0.415. The SMILES string of the molecule is O=C1C[C@H](O)CCCCCCCCCCCC/C=C/CC/C=C/CCO1. The van der Waals surface area contributed by atoms with Gasteiger partial charge in [-0.1, -0.05) is 82.1 Å². The second-order valence-corrected chi connectivity index (χ2v) is 7.50. The van der Waals surface area contributed by atoms with Crippen molar-refractivity contribution < 1.29 is 14.6 Å². The lowest BCUT2D eigenvalue weighted by Crippen LogP contribution is -2.16. The van der Waals surface area contributed by atoms with Gasteiger partial charge in [0.1, 0.15) is 0 Å². The molecule has 3 nitrogen and oxygen atoms in total. The van der Waals surface area contributed by atoms with Crippen LogP contribution in [-0.4, -0.2) is 23.8 Å². The lowest BCUT2D eigenvalue weighted by atomic mass is 10.0. The van der Waals surface area contributed by atoms with E-state index in [1.54, 1.807) is 0 Å². The zero-order valence-electron chi connectivity index (χ0n) is 16.7. The third-order valence-corrected chi connectivity index (χ3v) is 4.94. The van der Waals surface area contributed by atoms with Crippen molar-refractivity contribution in [3.05, 3.63) is 24.3 Å². The van der Waals surface area contributed by atoms with Gasteiger partial charge < -0.3 is 9.84 Å². The first-order valence-electron chi connectivity index (χ1n) is 10.9. The monoisotopic (exact) mass is 364 g/mol. The molecule has 0 unspecified atom stereocenters. The number of ether oxygens (including phenoxy) is 1. The standard InChI is InChI=1S/C23H40O3/c24-22-19-17-15-13-11-9-7-5-3-1-2-4-6-8-10-12-14-16-18-20-26-23(25)21-22/h6,8,14,16,22,24H,1-5,7,9-13,15,17-21H2/b8-6+,16-14+/t22-/m1/s1. The molecule has 1 rings (SSSR count). The minimum atomic E-state index is -0.546. The lowest BCUT2D eigenvalue weighted by molar-refractivity contribution is -0.145. The first kappa shape index (κ1) is 23.0. The van der Waals surface area contributed by atoms with E-state index in [2.05, 4.69) is 24.3 Å². The van der Waals surface area contributed by atoms with Crippen LogP contribution < -0.4 is 0 Å². The summed E-state index contributed by atoms with van der Waals surface area (Å²) in [6.07, 6.45) is 26.1. The number of aliphatic hydroxyl groups is 1. The summed E-state index contributed by atoms with van der Waals surface area (Å²) in [5.41, 5.74) is 0. The van der Waals surface area contributed by atoms with Gasteiger partial charge >= 0.3 is 5.97 Å². The summed E-state index contributed by atoms with van der Waals surface area (Å²) in [6, 6.07) is 0. The minimum absolute atomic E-state index is 0.133. The molecule has 26 heavy (non-hydrogen) atoms. The number of carbonyl (C=O) groups excluding carboxylic acids is 1. The number of cyclic esters (lactones) is 1. The van der Waals surface area contributed by atoms with Crippen LogP contribution in [0.5, 0.6) is 0 Å². The molecule has 0 spiro atoms.